The molecule has 0 saturated heterocycles. The number of benzene rings is 2. The van der Waals surface area contributed by atoms with E-state index in [9.17, 15) is 4.79 Å². The van der Waals surface area contributed by atoms with Gasteiger partial charge in [-0.2, -0.15) is 0 Å². The summed E-state index contributed by atoms with van der Waals surface area (Å²) in [5.41, 5.74) is 3.01. The second-order valence-corrected chi connectivity index (χ2v) is 6.26. The Bertz CT molecular complexity index is 836. The minimum Gasteiger partial charge on any atom is -0.489 e. The number of ether oxygens (including phenoxy) is 1. The number of rotatable bonds is 7. The van der Waals surface area contributed by atoms with E-state index >= 15 is 0 Å². The maximum absolute atomic E-state index is 12.3. The normalized spacial score (nSPS) is 10.3. The van der Waals surface area contributed by atoms with Crippen LogP contribution in [0.15, 0.2) is 79.1 Å². The summed E-state index contributed by atoms with van der Waals surface area (Å²) in [6.45, 7) is 1.15. The Balaban J connectivity index is 1.46. The summed E-state index contributed by atoms with van der Waals surface area (Å²) in [7, 11) is 1.79. The zero-order valence-electron chi connectivity index (χ0n) is 15.3. The first-order valence-electron chi connectivity index (χ1n) is 8.88. The number of anilines is 1. The van der Waals surface area contributed by atoms with Gasteiger partial charge in [-0.15, -0.1) is 0 Å². The lowest BCUT2D eigenvalue weighted by Crippen LogP contribution is -2.32. The fraction of sp³-hybridized carbons (Fsp3) is 0.182. The summed E-state index contributed by atoms with van der Waals surface area (Å²) in [4.78, 5) is 18.0. The van der Waals surface area contributed by atoms with Gasteiger partial charge in [0.2, 0.25) is 0 Å². The second-order valence-electron chi connectivity index (χ2n) is 6.26. The van der Waals surface area contributed by atoms with E-state index in [1.807, 2.05) is 66.7 Å². The van der Waals surface area contributed by atoms with Crippen molar-refractivity contribution in [2.45, 2.75) is 13.0 Å². The van der Waals surface area contributed by atoms with E-state index in [1.165, 1.54) is 0 Å². The van der Waals surface area contributed by atoms with Crippen molar-refractivity contribution in [3.8, 4) is 5.75 Å². The van der Waals surface area contributed by atoms with Crippen molar-refractivity contribution in [3.63, 3.8) is 0 Å². The van der Waals surface area contributed by atoms with E-state index in [4.69, 9.17) is 4.74 Å². The number of carbonyl (C=O) groups is 1. The number of urea groups is 1. The van der Waals surface area contributed by atoms with Gasteiger partial charge in [0.15, 0.2) is 0 Å². The molecule has 2 amide bonds. The third kappa shape index (κ3) is 5.85. The molecular formula is C22H23N3O2. The monoisotopic (exact) mass is 361 g/mol. The average Bonchev–Trinajstić information content (AvgIpc) is 2.73. The van der Waals surface area contributed by atoms with Crippen molar-refractivity contribution >= 4 is 11.7 Å². The van der Waals surface area contributed by atoms with Crippen LogP contribution in [0.3, 0.4) is 0 Å². The maximum Gasteiger partial charge on any atom is 0.321 e. The number of nitrogens with zero attached hydrogens (tertiary/aromatic N) is 2. The molecule has 0 radical (unpaired) electrons. The maximum atomic E-state index is 12.3. The van der Waals surface area contributed by atoms with E-state index in [-0.39, 0.29) is 6.03 Å². The molecule has 3 aromatic rings. The first kappa shape index (κ1) is 18.5. The summed E-state index contributed by atoms with van der Waals surface area (Å²) in [5, 5.41) is 2.90. The van der Waals surface area contributed by atoms with Gasteiger partial charge in [0.05, 0.1) is 0 Å². The second kappa shape index (κ2) is 9.38. The van der Waals surface area contributed by atoms with E-state index in [0.717, 1.165) is 29.0 Å². The summed E-state index contributed by atoms with van der Waals surface area (Å²) in [6.07, 6.45) is 4.31. The summed E-state index contributed by atoms with van der Waals surface area (Å²) >= 11 is 0. The van der Waals surface area contributed by atoms with Gasteiger partial charge in [0.25, 0.3) is 0 Å². The van der Waals surface area contributed by atoms with E-state index < -0.39 is 0 Å². The number of carbonyl (C=O) groups excluding carboxylic acids is 1. The fourth-order valence-corrected chi connectivity index (χ4v) is 2.54. The molecule has 0 saturated carbocycles. The SMILES string of the molecule is CN(CCc1ccncc1)C(=O)Nc1ccc(OCc2ccccc2)cc1. The first-order valence-corrected chi connectivity index (χ1v) is 8.88. The lowest BCUT2D eigenvalue weighted by Gasteiger charge is -2.18. The molecule has 0 aliphatic rings. The van der Waals surface area contributed by atoms with Crippen molar-refractivity contribution in [2.75, 3.05) is 18.9 Å². The molecule has 0 bridgehead atoms. The van der Waals surface area contributed by atoms with Crippen LogP contribution in [-0.4, -0.2) is 29.5 Å². The van der Waals surface area contributed by atoms with Gasteiger partial charge >= 0.3 is 6.03 Å². The Labute approximate surface area is 159 Å². The van der Waals surface area contributed by atoms with Crippen LogP contribution in [0.2, 0.25) is 0 Å². The van der Waals surface area contributed by atoms with Crippen LogP contribution in [0.4, 0.5) is 10.5 Å². The third-order valence-electron chi connectivity index (χ3n) is 4.19. The summed E-state index contributed by atoms with van der Waals surface area (Å²) in [6, 6.07) is 21.2. The summed E-state index contributed by atoms with van der Waals surface area (Å²) in [5.74, 6) is 0.767. The Morgan fingerprint density at radius 3 is 2.37 bits per heavy atom. The molecule has 1 N–H and O–H groups in total. The van der Waals surface area contributed by atoms with Crippen molar-refractivity contribution in [1.29, 1.82) is 0 Å². The predicted molar refractivity (Wildman–Crippen MR) is 107 cm³/mol. The van der Waals surface area contributed by atoms with Crippen LogP contribution in [0.5, 0.6) is 5.75 Å². The quantitative estimate of drug-likeness (QED) is 0.680. The molecule has 0 aliphatic heterocycles. The molecule has 0 spiro atoms. The van der Waals surface area contributed by atoms with Crippen LogP contribution in [-0.2, 0) is 13.0 Å². The van der Waals surface area contributed by atoms with Gasteiger partial charge in [0.1, 0.15) is 12.4 Å². The Kier molecular flexibility index (Phi) is 6.41. The highest BCUT2D eigenvalue weighted by atomic mass is 16.5. The van der Waals surface area contributed by atoms with Crippen molar-refractivity contribution < 1.29 is 9.53 Å². The van der Waals surface area contributed by atoms with Gasteiger partial charge in [-0.3, -0.25) is 4.98 Å². The lowest BCUT2D eigenvalue weighted by atomic mass is 10.2. The molecule has 3 rings (SSSR count). The topological polar surface area (TPSA) is 54.5 Å². The Morgan fingerprint density at radius 2 is 1.67 bits per heavy atom. The zero-order chi connectivity index (χ0) is 18.9. The highest BCUT2D eigenvalue weighted by molar-refractivity contribution is 5.89. The van der Waals surface area contributed by atoms with Crippen LogP contribution < -0.4 is 10.1 Å². The zero-order valence-corrected chi connectivity index (χ0v) is 15.3. The molecule has 1 aromatic heterocycles. The number of nitrogens with one attached hydrogen (secondary N) is 1. The molecule has 0 fully saturated rings. The molecule has 0 atom stereocenters. The van der Waals surface area contributed by atoms with E-state index in [0.29, 0.717) is 13.2 Å². The largest absolute Gasteiger partial charge is 0.489 e. The van der Waals surface area contributed by atoms with Gasteiger partial charge in [-0.1, -0.05) is 30.3 Å². The van der Waals surface area contributed by atoms with Crippen molar-refractivity contribution in [2.24, 2.45) is 0 Å². The van der Waals surface area contributed by atoms with Gasteiger partial charge < -0.3 is 15.0 Å². The molecule has 27 heavy (non-hydrogen) atoms. The number of pyridine rings is 1. The van der Waals surface area contributed by atoms with Crippen LogP contribution in [0.1, 0.15) is 11.1 Å². The summed E-state index contributed by atoms with van der Waals surface area (Å²) < 4.78 is 5.76. The number of likely N-dealkylation sites (N-methyl/N-ethyl adjacent to an activating group) is 1. The number of aromatic nitrogens is 1. The van der Waals surface area contributed by atoms with Gasteiger partial charge in [0, 0.05) is 31.7 Å². The minimum absolute atomic E-state index is 0.137. The number of amides is 2. The number of hydrogen-bond acceptors (Lipinski definition) is 3. The molecule has 5 heteroatoms. The van der Waals surface area contributed by atoms with Gasteiger partial charge in [-0.25, -0.2) is 4.79 Å². The molecule has 138 valence electrons. The highest BCUT2D eigenvalue weighted by Gasteiger charge is 2.09. The molecular weight excluding hydrogens is 338 g/mol. The van der Waals surface area contributed by atoms with Crippen molar-refractivity contribution in [1.82, 2.24) is 9.88 Å². The average molecular weight is 361 g/mol. The minimum atomic E-state index is -0.137. The van der Waals surface area contributed by atoms with Crippen LogP contribution in [0, 0.1) is 0 Å². The fourth-order valence-electron chi connectivity index (χ4n) is 2.54. The Morgan fingerprint density at radius 1 is 0.963 bits per heavy atom. The molecule has 5 nitrogen and oxygen atoms in total. The van der Waals surface area contributed by atoms with E-state index in [1.54, 1.807) is 24.3 Å². The Hall–Kier alpha value is -3.34. The molecule has 0 unspecified atom stereocenters. The van der Waals surface area contributed by atoms with Crippen LogP contribution in [0.25, 0.3) is 0 Å². The first-order chi connectivity index (χ1) is 13.2. The van der Waals surface area contributed by atoms with Gasteiger partial charge in [-0.05, 0) is 53.9 Å². The van der Waals surface area contributed by atoms with Crippen LogP contribution >= 0.6 is 0 Å². The number of hydrogen-bond donors (Lipinski definition) is 1. The third-order valence-corrected chi connectivity index (χ3v) is 4.19. The molecule has 0 aliphatic carbocycles. The molecule has 2 aromatic carbocycles. The smallest absolute Gasteiger partial charge is 0.321 e. The molecule has 1 heterocycles. The van der Waals surface area contributed by atoms with E-state index in [2.05, 4.69) is 10.3 Å². The standard InChI is InChI=1S/C22H23N3O2/c1-25(16-13-18-11-14-23-15-12-18)22(26)24-20-7-9-21(10-8-20)27-17-19-5-3-2-4-6-19/h2-12,14-15H,13,16-17H2,1H3,(H,24,26). The lowest BCUT2D eigenvalue weighted by molar-refractivity contribution is 0.223. The van der Waals surface area contributed by atoms with Crippen molar-refractivity contribution in [3.05, 3.63) is 90.3 Å². The highest BCUT2D eigenvalue weighted by Crippen LogP contribution is 2.17. The predicted octanol–water partition coefficient (Wildman–Crippen LogP) is 4.37.